The molecule has 0 aromatic carbocycles. The molecule has 96 valence electrons. The van der Waals surface area contributed by atoms with E-state index in [-0.39, 0.29) is 0 Å². The van der Waals surface area contributed by atoms with E-state index >= 15 is 0 Å². The van der Waals surface area contributed by atoms with Gasteiger partial charge < -0.3 is 0 Å². The Bertz CT molecular complexity index is 681. The van der Waals surface area contributed by atoms with Crippen molar-refractivity contribution in [3.8, 4) is 0 Å². The van der Waals surface area contributed by atoms with Gasteiger partial charge in [0.2, 0.25) is 5.16 Å². The molecule has 1 fully saturated rings. The summed E-state index contributed by atoms with van der Waals surface area (Å²) in [6.07, 6.45) is 5.96. The van der Waals surface area contributed by atoms with Crippen molar-refractivity contribution in [2.24, 2.45) is 0 Å². The van der Waals surface area contributed by atoms with Gasteiger partial charge in [-0.1, -0.05) is 11.8 Å². The predicted octanol–water partition coefficient (Wildman–Crippen LogP) is 1.41. The van der Waals surface area contributed by atoms with Crippen molar-refractivity contribution in [1.82, 2.24) is 34.8 Å². The van der Waals surface area contributed by atoms with Gasteiger partial charge in [0, 0.05) is 18.3 Å². The normalized spacial score (nSPS) is 15.2. The second-order valence-corrected chi connectivity index (χ2v) is 5.40. The average molecular weight is 273 g/mol. The average Bonchev–Trinajstić information content (AvgIpc) is 3.03. The van der Waals surface area contributed by atoms with Crippen LogP contribution < -0.4 is 0 Å². The smallest absolute Gasteiger partial charge is 0.253 e. The standard InChI is InChI=1S/C11H11N7S/c1-4-12-10-14-11(17-18(10)5-1)19-6-8-13-9(16-15-8)7-2-3-7/h1,4-5,7H,2-3,6H2,(H,13,15,16). The summed E-state index contributed by atoms with van der Waals surface area (Å²) in [6.45, 7) is 0. The van der Waals surface area contributed by atoms with Gasteiger partial charge in [-0.05, 0) is 18.9 Å². The zero-order valence-corrected chi connectivity index (χ0v) is 10.8. The molecule has 0 unspecified atom stereocenters. The van der Waals surface area contributed by atoms with Crippen LogP contribution in [-0.2, 0) is 5.75 Å². The van der Waals surface area contributed by atoms with Crippen LogP contribution in [0.5, 0.6) is 0 Å². The lowest BCUT2D eigenvalue weighted by atomic mass is 10.4. The highest BCUT2D eigenvalue weighted by Crippen LogP contribution is 2.37. The predicted molar refractivity (Wildman–Crippen MR) is 68.7 cm³/mol. The van der Waals surface area contributed by atoms with E-state index in [9.17, 15) is 0 Å². The molecule has 3 heterocycles. The Morgan fingerprint density at radius 2 is 2.32 bits per heavy atom. The molecular formula is C11H11N7S. The zero-order chi connectivity index (χ0) is 12.7. The van der Waals surface area contributed by atoms with Gasteiger partial charge in [-0.2, -0.15) is 10.1 Å². The minimum Gasteiger partial charge on any atom is -0.262 e. The maximum absolute atomic E-state index is 4.48. The van der Waals surface area contributed by atoms with Crippen LogP contribution in [0.2, 0.25) is 0 Å². The van der Waals surface area contributed by atoms with Crippen LogP contribution >= 0.6 is 11.8 Å². The largest absolute Gasteiger partial charge is 0.262 e. The van der Waals surface area contributed by atoms with Crippen LogP contribution in [0.15, 0.2) is 23.6 Å². The number of nitrogens with zero attached hydrogens (tertiary/aromatic N) is 6. The fourth-order valence-electron chi connectivity index (χ4n) is 1.81. The second-order valence-electron chi connectivity index (χ2n) is 4.46. The molecule has 1 saturated carbocycles. The monoisotopic (exact) mass is 273 g/mol. The fraction of sp³-hybridized carbons (Fsp3) is 0.364. The Hall–Kier alpha value is -1.96. The van der Waals surface area contributed by atoms with Gasteiger partial charge in [-0.15, -0.1) is 5.10 Å². The maximum atomic E-state index is 4.48. The van der Waals surface area contributed by atoms with E-state index < -0.39 is 0 Å². The molecule has 0 bridgehead atoms. The molecule has 8 heteroatoms. The van der Waals surface area contributed by atoms with Crippen molar-refractivity contribution < 1.29 is 0 Å². The number of aromatic amines is 1. The van der Waals surface area contributed by atoms with Crippen molar-refractivity contribution in [2.45, 2.75) is 29.7 Å². The van der Waals surface area contributed by atoms with Crippen LogP contribution in [0.3, 0.4) is 0 Å². The van der Waals surface area contributed by atoms with Crippen LogP contribution in [0, 0.1) is 0 Å². The molecule has 0 atom stereocenters. The lowest BCUT2D eigenvalue weighted by Crippen LogP contribution is -1.87. The first-order chi connectivity index (χ1) is 9.38. The molecule has 4 rings (SSSR count). The van der Waals surface area contributed by atoms with E-state index in [0.29, 0.717) is 22.6 Å². The molecule has 0 spiro atoms. The molecule has 3 aromatic heterocycles. The molecule has 0 aliphatic heterocycles. The molecule has 1 aliphatic rings. The van der Waals surface area contributed by atoms with Crippen LogP contribution in [0.4, 0.5) is 0 Å². The maximum Gasteiger partial charge on any atom is 0.253 e. The highest BCUT2D eigenvalue weighted by molar-refractivity contribution is 7.98. The Labute approximate surface area is 112 Å². The minimum atomic E-state index is 0.576. The summed E-state index contributed by atoms with van der Waals surface area (Å²) in [4.78, 5) is 12.9. The van der Waals surface area contributed by atoms with Crippen molar-refractivity contribution >= 4 is 17.5 Å². The second kappa shape index (κ2) is 4.30. The Morgan fingerprint density at radius 1 is 1.37 bits per heavy atom. The Morgan fingerprint density at radius 3 is 3.16 bits per heavy atom. The molecule has 0 amide bonds. The summed E-state index contributed by atoms with van der Waals surface area (Å²) in [6, 6.07) is 1.83. The van der Waals surface area contributed by atoms with Crippen molar-refractivity contribution in [3.63, 3.8) is 0 Å². The molecule has 3 aromatic rings. The van der Waals surface area contributed by atoms with Gasteiger partial charge in [0.25, 0.3) is 5.78 Å². The van der Waals surface area contributed by atoms with Crippen molar-refractivity contribution in [2.75, 3.05) is 0 Å². The summed E-state index contributed by atoms with van der Waals surface area (Å²) in [5, 5.41) is 12.2. The van der Waals surface area contributed by atoms with E-state index in [4.69, 9.17) is 0 Å². The van der Waals surface area contributed by atoms with E-state index in [1.54, 1.807) is 10.7 Å². The summed E-state index contributed by atoms with van der Waals surface area (Å²) in [7, 11) is 0. The van der Waals surface area contributed by atoms with Crippen molar-refractivity contribution in [1.29, 1.82) is 0 Å². The summed E-state index contributed by atoms with van der Waals surface area (Å²) >= 11 is 1.53. The number of hydrogen-bond acceptors (Lipinski definition) is 6. The van der Waals surface area contributed by atoms with E-state index in [1.807, 2.05) is 12.3 Å². The molecule has 19 heavy (non-hydrogen) atoms. The Balaban J connectivity index is 1.48. The fourth-order valence-corrected chi connectivity index (χ4v) is 2.49. The van der Waals surface area contributed by atoms with Crippen LogP contribution in [0.25, 0.3) is 5.78 Å². The molecule has 0 radical (unpaired) electrons. The quantitative estimate of drug-likeness (QED) is 0.723. The number of hydrogen-bond donors (Lipinski definition) is 1. The van der Waals surface area contributed by atoms with Gasteiger partial charge in [-0.25, -0.2) is 14.5 Å². The van der Waals surface area contributed by atoms with E-state index in [0.717, 1.165) is 11.6 Å². The summed E-state index contributed by atoms with van der Waals surface area (Å²) < 4.78 is 1.67. The number of thioether (sulfide) groups is 1. The van der Waals surface area contributed by atoms with Gasteiger partial charge in [0.1, 0.15) is 5.82 Å². The number of fused-ring (bicyclic) bond motifs is 1. The lowest BCUT2D eigenvalue weighted by Gasteiger charge is -1.90. The van der Waals surface area contributed by atoms with E-state index in [1.165, 1.54) is 24.6 Å². The van der Waals surface area contributed by atoms with Gasteiger partial charge >= 0.3 is 0 Å². The highest BCUT2D eigenvalue weighted by atomic mass is 32.2. The Kier molecular flexibility index (Phi) is 2.47. The van der Waals surface area contributed by atoms with Crippen LogP contribution in [-0.4, -0.2) is 34.8 Å². The lowest BCUT2D eigenvalue weighted by molar-refractivity contribution is 0.878. The minimum absolute atomic E-state index is 0.576. The number of nitrogens with one attached hydrogen (secondary N) is 1. The molecule has 1 aliphatic carbocycles. The zero-order valence-electron chi connectivity index (χ0n) is 10.0. The molecule has 1 N–H and O–H groups in total. The molecule has 7 nitrogen and oxygen atoms in total. The third-order valence-electron chi connectivity index (χ3n) is 2.93. The first-order valence-electron chi connectivity index (χ1n) is 6.10. The van der Waals surface area contributed by atoms with Gasteiger partial charge in [-0.3, -0.25) is 5.10 Å². The van der Waals surface area contributed by atoms with Crippen molar-refractivity contribution in [3.05, 3.63) is 30.1 Å². The first-order valence-corrected chi connectivity index (χ1v) is 7.08. The first kappa shape index (κ1) is 10.9. The molecular weight excluding hydrogens is 262 g/mol. The topological polar surface area (TPSA) is 84.6 Å². The summed E-state index contributed by atoms with van der Waals surface area (Å²) in [5.74, 6) is 3.70. The van der Waals surface area contributed by atoms with Gasteiger partial charge in [0.15, 0.2) is 5.82 Å². The number of rotatable bonds is 4. The van der Waals surface area contributed by atoms with Gasteiger partial charge in [0.05, 0.1) is 5.75 Å². The third kappa shape index (κ3) is 2.19. The number of aromatic nitrogens is 7. The summed E-state index contributed by atoms with van der Waals surface area (Å²) in [5.41, 5.74) is 0. The highest BCUT2D eigenvalue weighted by Gasteiger charge is 2.27. The molecule has 0 saturated heterocycles. The number of H-pyrrole nitrogens is 1. The third-order valence-corrected chi connectivity index (χ3v) is 3.78. The van der Waals surface area contributed by atoms with E-state index in [2.05, 4.69) is 30.2 Å². The van der Waals surface area contributed by atoms with Crippen LogP contribution in [0.1, 0.15) is 30.4 Å². The SMILES string of the molecule is c1cnc2nc(SCc3nc(C4CC4)n[nH]3)nn2c1.